The second-order valence-corrected chi connectivity index (χ2v) is 8.60. The average molecular weight is 495 g/mol. The van der Waals surface area contributed by atoms with Crippen molar-refractivity contribution in [3.8, 4) is 11.1 Å². The highest BCUT2D eigenvalue weighted by atomic mass is 79.9. The molecular weight excluding hydrogens is 472 g/mol. The third-order valence-electron chi connectivity index (χ3n) is 5.32. The number of amides is 2. The molecule has 32 heavy (non-hydrogen) atoms. The number of aryl methyl sites for hydroxylation is 1. The highest BCUT2D eigenvalue weighted by molar-refractivity contribution is 9.10. The minimum Gasteiger partial charge on any atom is -0.383 e. The van der Waals surface area contributed by atoms with E-state index < -0.39 is 0 Å². The second-order valence-electron chi connectivity index (χ2n) is 7.69. The lowest BCUT2D eigenvalue weighted by molar-refractivity contribution is -0.125. The van der Waals surface area contributed by atoms with Crippen molar-refractivity contribution in [2.75, 3.05) is 18.8 Å². The standard InChI is InChI=1S/C23H23BrN6O2/c1-29-13-17(12-27-29)16-10-20(22(25)26-11-16)23(32)28-19-8-9-30(14-19)21(31)7-4-15-2-5-18(24)6-3-15/h2-7,10-13,19H,8-9,14H2,1H3,(H2,25,26)(H,28,32)/b7-4+/t19-/m1/s1. The lowest BCUT2D eigenvalue weighted by Gasteiger charge is -2.16. The van der Waals surface area contributed by atoms with Crippen LogP contribution in [0.15, 0.2) is 59.5 Å². The molecule has 3 heterocycles. The number of halogens is 1. The van der Waals surface area contributed by atoms with Crippen molar-refractivity contribution >= 4 is 39.6 Å². The Hall–Kier alpha value is -3.46. The van der Waals surface area contributed by atoms with Gasteiger partial charge in [-0.1, -0.05) is 28.1 Å². The molecule has 2 aromatic heterocycles. The molecule has 9 heteroatoms. The predicted octanol–water partition coefficient (Wildman–Crippen LogP) is 2.87. The zero-order valence-corrected chi connectivity index (χ0v) is 19.1. The maximum atomic E-state index is 12.9. The largest absolute Gasteiger partial charge is 0.383 e. The first-order valence-electron chi connectivity index (χ1n) is 10.2. The molecule has 0 unspecified atom stereocenters. The number of hydrogen-bond acceptors (Lipinski definition) is 5. The van der Waals surface area contributed by atoms with Crippen molar-refractivity contribution in [1.29, 1.82) is 0 Å². The Labute approximate surface area is 194 Å². The Morgan fingerprint density at radius 3 is 2.72 bits per heavy atom. The lowest BCUT2D eigenvalue weighted by Crippen LogP contribution is -2.38. The van der Waals surface area contributed by atoms with Crippen LogP contribution in [0.3, 0.4) is 0 Å². The fourth-order valence-electron chi connectivity index (χ4n) is 3.57. The Morgan fingerprint density at radius 2 is 2.00 bits per heavy atom. The van der Waals surface area contributed by atoms with E-state index in [4.69, 9.17) is 5.73 Å². The number of likely N-dealkylation sites (tertiary alicyclic amines) is 1. The topological polar surface area (TPSA) is 106 Å². The van der Waals surface area contributed by atoms with Gasteiger partial charge >= 0.3 is 0 Å². The van der Waals surface area contributed by atoms with Gasteiger partial charge in [0.15, 0.2) is 0 Å². The first-order chi connectivity index (χ1) is 15.4. The molecule has 1 aromatic carbocycles. The van der Waals surface area contributed by atoms with Crippen LogP contribution in [0.4, 0.5) is 5.82 Å². The Bertz CT molecular complexity index is 1170. The summed E-state index contributed by atoms with van der Waals surface area (Å²) in [5.41, 5.74) is 8.83. The molecule has 0 bridgehead atoms. The van der Waals surface area contributed by atoms with E-state index in [-0.39, 0.29) is 23.7 Å². The molecule has 1 fully saturated rings. The van der Waals surface area contributed by atoms with Gasteiger partial charge in [-0.05, 0) is 36.3 Å². The highest BCUT2D eigenvalue weighted by Crippen LogP contribution is 2.22. The number of anilines is 1. The molecule has 8 nitrogen and oxygen atoms in total. The number of carbonyl (C=O) groups is 2. The summed E-state index contributed by atoms with van der Waals surface area (Å²) in [6, 6.07) is 9.28. The Kier molecular flexibility index (Phi) is 6.36. The van der Waals surface area contributed by atoms with Crippen molar-refractivity contribution in [2.45, 2.75) is 12.5 Å². The number of rotatable bonds is 5. The number of nitrogens with two attached hydrogens (primary N) is 1. The van der Waals surface area contributed by atoms with E-state index in [0.717, 1.165) is 21.2 Å². The summed E-state index contributed by atoms with van der Waals surface area (Å²) in [6.07, 6.45) is 9.20. The predicted molar refractivity (Wildman–Crippen MR) is 126 cm³/mol. The number of aromatic nitrogens is 3. The van der Waals surface area contributed by atoms with Crippen LogP contribution in [0.5, 0.6) is 0 Å². The van der Waals surface area contributed by atoms with Gasteiger partial charge in [-0.15, -0.1) is 0 Å². The van der Waals surface area contributed by atoms with Crippen LogP contribution in [-0.4, -0.2) is 50.6 Å². The molecule has 0 radical (unpaired) electrons. The summed E-state index contributed by atoms with van der Waals surface area (Å²) in [7, 11) is 1.82. The molecule has 1 aliphatic heterocycles. The molecule has 3 N–H and O–H groups in total. The first-order valence-corrected chi connectivity index (χ1v) is 11.0. The molecular formula is C23H23BrN6O2. The van der Waals surface area contributed by atoms with Crippen LogP contribution < -0.4 is 11.1 Å². The van der Waals surface area contributed by atoms with Gasteiger partial charge in [-0.25, -0.2) is 4.98 Å². The highest BCUT2D eigenvalue weighted by Gasteiger charge is 2.27. The van der Waals surface area contributed by atoms with Crippen molar-refractivity contribution in [2.24, 2.45) is 7.05 Å². The molecule has 164 valence electrons. The van der Waals surface area contributed by atoms with E-state index in [9.17, 15) is 9.59 Å². The zero-order valence-electron chi connectivity index (χ0n) is 17.5. The van der Waals surface area contributed by atoms with Gasteiger partial charge in [0.1, 0.15) is 5.82 Å². The maximum absolute atomic E-state index is 12.9. The van der Waals surface area contributed by atoms with Crippen molar-refractivity contribution in [1.82, 2.24) is 25.0 Å². The van der Waals surface area contributed by atoms with Gasteiger partial charge in [-0.2, -0.15) is 5.10 Å². The van der Waals surface area contributed by atoms with Gasteiger partial charge in [0.2, 0.25) is 5.91 Å². The lowest BCUT2D eigenvalue weighted by atomic mass is 10.1. The van der Waals surface area contributed by atoms with Gasteiger partial charge in [0.05, 0.1) is 11.8 Å². The summed E-state index contributed by atoms with van der Waals surface area (Å²) in [6.45, 7) is 1.03. The van der Waals surface area contributed by atoms with Gasteiger partial charge in [0.25, 0.3) is 5.91 Å². The molecule has 2 amide bonds. The van der Waals surface area contributed by atoms with Gasteiger partial charge in [0, 0.05) is 60.2 Å². The van der Waals surface area contributed by atoms with Crippen LogP contribution >= 0.6 is 15.9 Å². The van der Waals surface area contributed by atoms with E-state index >= 15 is 0 Å². The molecule has 1 atom stereocenters. The van der Waals surface area contributed by atoms with Crippen LogP contribution in [0.1, 0.15) is 22.3 Å². The van der Waals surface area contributed by atoms with Crippen molar-refractivity contribution in [3.05, 3.63) is 70.6 Å². The first kappa shape index (κ1) is 21.8. The monoisotopic (exact) mass is 494 g/mol. The van der Waals surface area contributed by atoms with E-state index in [2.05, 4.69) is 31.3 Å². The number of benzene rings is 1. The van der Waals surface area contributed by atoms with Crippen LogP contribution in [0.2, 0.25) is 0 Å². The Balaban J connectivity index is 1.37. The number of carbonyl (C=O) groups excluding carboxylic acids is 2. The van der Waals surface area contributed by atoms with Gasteiger partial charge < -0.3 is 16.0 Å². The second kappa shape index (κ2) is 9.35. The molecule has 0 saturated carbocycles. The SMILES string of the molecule is Cn1cc(-c2cnc(N)c(C(=O)N[C@@H]3CCN(C(=O)/C=C/c4ccc(Br)cc4)C3)c2)cn1. The molecule has 1 saturated heterocycles. The summed E-state index contributed by atoms with van der Waals surface area (Å²) in [5, 5.41) is 7.13. The molecule has 0 spiro atoms. The zero-order chi connectivity index (χ0) is 22.7. The smallest absolute Gasteiger partial charge is 0.255 e. The maximum Gasteiger partial charge on any atom is 0.255 e. The van der Waals surface area contributed by atoms with Crippen LogP contribution in [-0.2, 0) is 11.8 Å². The fourth-order valence-corrected chi connectivity index (χ4v) is 3.84. The van der Waals surface area contributed by atoms with Crippen molar-refractivity contribution < 1.29 is 9.59 Å². The fraction of sp³-hybridized carbons (Fsp3) is 0.217. The van der Waals surface area contributed by atoms with E-state index in [1.165, 1.54) is 0 Å². The number of nitrogen functional groups attached to an aromatic ring is 1. The normalized spacial score (nSPS) is 15.9. The number of nitrogens with one attached hydrogen (secondary N) is 1. The third-order valence-corrected chi connectivity index (χ3v) is 5.85. The van der Waals surface area contributed by atoms with E-state index in [1.54, 1.807) is 40.2 Å². The van der Waals surface area contributed by atoms with Crippen LogP contribution in [0, 0.1) is 0 Å². The van der Waals surface area contributed by atoms with Crippen molar-refractivity contribution in [3.63, 3.8) is 0 Å². The summed E-state index contributed by atoms with van der Waals surface area (Å²) in [5.74, 6) is -0.214. The minimum absolute atomic E-state index is 0.0792. The quantitative estimate of drug-likeness (QED) is 0.530. The number of hydrogen-bond donors (Lipinski definition) is 2. The molecule has 0 aliphatic carbocycles. The molecule has 1 aliphatic rings. The summed E-state index contributed by atoms with van der Waals surface area (Å²) >= 11 is 3.39. The van der Waals surface area contributed by atoms with Gasteiger partial charge in [-0.3, -0.25) is 14.3 Å². The average Bonchev–Trinajstić information content (AvgIpc) is 3.42. The summed E-state index contributed by atoms with van der Waals surface area (Å²) in [4.78, 5) is 31.3. The van der Waals surface area contributed by atoms with E-state index in [0.29, 0.717) is 25.1 Å². The molecule has 3 aromatic rings. The number of pyridine rings is 1. The number of nitrogens with zero attached hydrogens (tertiary/aromatic N) is 4. The summed E-state index contributed by atoms with van der Waals surface area (Å²) < 4.78 is 2.67. The van der Waals surface area contributed by atoms with Crippen LogP contribution in [0.25, 0.3) is 17.2 Å². The Morgan fingerprint density at radius 1 is 1.22 bits per heavy atom. The minimum atomic E-state index is -0.301. The third kappa shape index (κ3) is 5.05. The molecule has 4 rings (SSSR count). The van der Waals surface area contributed by atoms with E-state index in [1.807, 2.05) is 37.5 Å².